The van der Waals surface area contributed by atoms with E-state index in [9.17, 15) is 29.4 Å². The van der Waals surface area contributed by atoms with E-state index >= 15 is 0 Å². The third kappa shape index (κ3) is 15.0. The van der Waals surface area contributed by atoms with Crippen molar-refractivity contribution < 1.29 is 38.9 Å². The van der Waals surface area contributed by atoms with E-state index in [2.05, 4.69) is 21.3 Å². The fourth-order valence-electron chi connectivity index (χ4n) is 7.23. The third-order valence-corrected chi connectivity index (χ3v) is 10.6. The van der Waals surface area contributed by atoms with E-state index < -0.39 is 60.4 Å². The lowest BCUT2D eigenvalue weighted by atomic mass is 9.90. The minimum absolute atomic E-state index is 0.0149. The highest BCUT2D eigenvalue weighted by Gasteiger charge is 2.37. The van der Waals surface area contributed by atoms with Crippen LogP contribution in [0.1, 0.15) is 33.4 Å². The maximum absolute atomic E-state index is 14.3. The molecule has 0 saturated heterocycles. The van der Waals surface area contributed by atoms with E-state index in [4.69, 9.17) is 9.47 Å². The monoisotopic (exact) mass is 862 g/mol. The Morgan fingerprint density at radius 3 is 0.891 bits per heavy atom. The van der Waals surface area contributed by atoms with Crippen molar-refractivity contribution in [3.8, 4) is 0 Å². The molecule has 6 N–H and O–H groups in total. The van der Waals surface area contributed by atoms with Crippen molar-refractivity contribution in [2.45, 2.75) is 75.3 Å². The van der Waals surface area contributed by atoms with Crippen molar-refractivity contribution >= 4 is 24.0 Å². The van der Waals surface area contributed by atoms with Gasteiger partial charge in [0, 0.05) is 12.8 Å². The number of carbonyl (C=O) groups excluding carboxylic acids is 4. The number of hydrogen-bond donors (Lipinski definition) is 6. The number of ether oxygens (including phenoxy) is 2. The molecule has 330 valence electrons. The van der Waals surface area contributed by atoms with E-state index in [-0.39, 0.29) is 38.9 Å². The van der Waals surface area contributed by atoms with Gasteiger partial charge in [0.2, 0.25) is 11.8 Å². The smallest absolute Gasteiger partial charge is 0.408 e. The van der Waals surface area contributed by atoms with Crippen molar-refractivity contribution in [1.82, 2.24) is 21.3 Å². The number of hydrogen-bond acceptors (Lipinski definition) is 8. The van der Waals surface area contributed by atoms with Crippen molar-refractivity contribution in [2.24, 2.45) is 0 Å². The van der Waals surface area contributed by atoms with Crippen LogP contribution in [0.2, 0.25) is 0 Å². The zero-order valence-electron chi connectivity index (χ0n) is 35.4. The number of amides is 4. The zero-order valence-corrected chi connectivity index (χ0v) is 35.4. The molecular formula is C52H54N4O8. The molecule has 0 spiro atoms. The Bertz CT molecular complexity index is 2160. The lowest BCUT2D eigenvalue weighted by Crippen LogP contribution is -2.61. The fraction of sp³-hybridized carbons (Fsp3) is 0.231. The van der Waals surface area contributed by atoms with Gasteiger partial charge in [0.15, 0.2) is 0 Å². The Hall–Kier alpha value is -7.28. The predicted molar refractivity (Wildman–Crippen MR) is 244 cm³/mol. The zero-order chi connectivity index (χ0) is 44.9. The van der Waals surface area contributed by atoms with Crippen LogP contribution >= 0.6 is 0 Å². The van der Waals surface area contributed by atoms with Crippen LogP contribution in [0, 0.1) is 0 Å². The first-order chi connectivity index (χ1) is 31.2. The molecule has 12 nitrogen and oxygen atoms in total. The van der Waals surface area contributed by atoms with Crippen LogP contribution in [0.25, 0.3) is 0 Å². The van der Waals surface area contributed by atoms with E-state index in [1.165, 1.54) is 0 Å². The molecule has 6 aromatic rings. The fourth-order valence-corrected chi connectivity index (χ4v) is 7.23. The minimum atomic E-state index is -1.66. The number of alkyl carbamates (subject to hydrolysis) is 2. The first-order valence-electron chi connectivity index (χ1n) is 21.3. The second-order valence-electron chi connectivity index (χ2n) is 15.5. The van der Waals surface area contributed by atoms with E-state index in [0.717, 1.165) is 33.4 Å². The molecule has 0 radical (unpaired) electrons. The molecule has 12 heteroatoms. The summed E-state index contributed by atoms with van der Waals surface area (Å²) < 4.78 is 11.0. The van der Waals surface area contributed by atoms with E-state index in [0.29, 0.717) is 0 Å². The van der Waals surface area contributed by atoms with Crippen LogP contribution in [0.4, 0.5) is 9.59 Å². The molecule has 64 heavy (non-hydrogen) atoms. The first-order valence-corrected chi connectivity index (χ1v) is 21.3. The molecular weight excluding hydrogens is 809 g/mol. The molecule has 0 fully saturated rings. The summed E-state index contributed by atoms with van der Waals surface area (Å²) >= 11 is 0. The number of aliphatic hydroxyl groups is 2. The van der Waals surface area contributed by atoms with Crippen molar-refractivity contribution in [3.05, 3.63) is 215 Å². The molecule has 4 amide bonds. The Balaban J connectivity index is 1.24. The van der Waals surface area contributed by atoms with Gasteiger partial charge in [0.25, 0.3) is 0 Å². The van der Waals surface area contributed by atoms with Gasteiger partial charge in [0.05, 0.1) is 12.1 Å². The Labute approximate surface area is 373 Å². The van der Waals surface area contributed by atoms with Gasteiger partial charge >= 0.3 is 12.2 Å². The quantitative estimate of drug-likeness (QED) is 0.0494. The summed E-state index contributed by atoms with van der Waals surface area (Å²) in [5, 5.41) is 35.6. The van der Waals surface area contributed by atoms with Crippen LogP contribution in [-0.4, -0.2) is 70.6 Å². The Morgan fingerprint density at radius 1 is 0.359 bits per heavy atom. The molecule has 0 heterocycles. The summed E-state index contributed by atoms with van der Waals surface area (Å²) in [5.74, 6) is -1.25. The van der Waals surface area contributed by atoms with Crippen LogP contribution < -0.4 is 21.3 Å². The van der Waals surface area contributed by atoms with Gasteiger partial charge in [-0.1, -0.05) is 182 Å². The van der Waals surface area contributed by atoms with Gasteiger partial charge in [0.1, 0.15) is 37.5 Å². The summed E-state index contributed by atoms with van der Waals surface area (Å²) in [5.41, 5.74) is 4.56. The maximum atomic E-state index is 14.3. The normalized spacial score (nSPS) is 13.7. The van der Waals surface area contributed by atoms with Gasteiger partial charge in [-0.25, -0.2) is 9.59 Å². The summed E-state index contributed by atoms with van der Waals surface area (Å²) in [7, 11) is 0. The minimum Gasteiger partial charge on any atom is -0.445 e. The van der Waals surface area contributed by atoms with Gasteiger partial charge < -0.3 is 41.0 Å². The number of benzene rings is 6. The molecule has 0 aliphatic heterocycles. The van der Waals surface area contributed by atoms with Crippen molar-refractivity contribution in [1.29, 1.82) is 0 Å². The third-order valence-electron chi connectivity index (χ3n) is 10.6. The van der Waals surface area contributed by atoms with Crippen molar-refractivity contribution in [2.75, 3.05) is 0 Å². The first kappa shape index (κ1) is 46.2. The predicted octanol–water partition coefficient (Wildman–Crippen LogP) is 6.24. The highest BCUT2D eigenvalue weighted by atomic mass is 16.6. The molecule has 0 saturated carbocycles. The molecule has 0 aliphatic carbocycles. The van der Waals surface area contributed by atoms with Gasteiger partial charge in [-0.3, -0.25) is 9.59 Å². The second-order valence-corrected chi connectivity index (χ2v) is 15.5. The summed E-state index contributed by atoms with van der Waals surface area (Å²) in [4.78, 5) is 55.0. The molecule has 0 aromatic heterocycles. The lowest BCUT2D eigenvalue weighted by Gasteiger charge is -2.34. The van der Waals surface area contributed by atoms with Crippen LogP contribution in [0.5, 0.6) is 0 Å². The van der Waals surface area contributed by atoms with Crippen LogP contribution in [0.3, 0.4) is 0 Å². The number of aliphatic hydroxyl groups excluding tert-OH is 2. The van der Waals surface area contributed by atoms with Gasteiger partial charge in [-0.2, -0.15) is 0 Å². The van der Waals surface area contributed by atoms with Crippen LogP contribution in [-0.2, 0) is 58.0 Å². The highest BCUT2D eigenvalue weighted by molar-refractivity contribution is 5.87. The SMILES string of the molecule is O=C(N[C@@H](Cc1ccccc1)C(=O)NC(Cc1ccccc1)C(O)C(O)C(Cc1ccccc1)NC(=O)[C@H](Cc1ccccc1)NC(=O)OCc1ccccc1)OCc1ccccc1. The Kier molecular flexibility index (Phi) is 17.6. The maximum Gasteiger partial charge on any atom is 0.408 e. The van der Waals surface area contributed by atoms with Crippen LogP contribution in [0.15, 0.2) is 182 Å². The summed E-state index contributed by atoms with van der Waals surface area (Å²) in [6, 6.07) is 50.4. The largest absolute Gasteiger partial charge is 0.445 e. The molecule has 6 aromatic carbocycles. The average molecular weight is 863 g/mol. The standard InChI is InChI=1S/C52H54N4O8/c57-47(43(31-37-19-7-1-8-20-37)53-49(59)45(33-39-23-11-3-12-24-39)55-51(61)63-35-41-27-15-5-16-28-41)48(58)44(32-38-21-9-2-10-22-38)54-50(60)46(34-40-25-13-4-14-26-40)56-52(62)64-36-42-29-17-6-18-30-42/h1-30,43-48,57-58H,31-36H2,(H,53,59)(H,54,60)(H,55,61)(H,56,62)/t43?,44?,45-,46-,47?,48?/m0/s1. The van der Waals surface area contributed by atoms with E-state index in [1.54, 1.807) is 0 Å². The van der Waals surface area contributed by atoms with Crippen molar-refractivity contribution in [3.63, 3.8) is 0 Å². The lowest BCUT2D eigenvalue weighted by molar-refractivity contribution is -0.128. The Morgan fingerprint density at radius 2 is 0.609 bits per heavy atom. The topological polar surface area (TPSA) is 175 Å². The number of nitrogens with one attached hydrogen (secondary N) is 4. The molecule has 0 bridgehead atoms. The second kappa shape index (κ2) is 24.4. The average Bonchev–Trinajstić information content (AvgIpc) is 3.33. The molecule has 0 aliphatic rings. The van der Waals surface area contributed by atoms with E-state index in [1.807, 2.05) is 182 Å². The molecule has 6 atom stereocenters. The summed E-state index contributed by atoms with van der Waals surface area (Å²) in [6.45, 7) is -0.0297. The molecule has 6 rings (SSSR count). The highest BCUT2D eigenvalue weighted by Crippen LogP contribution is 2.17. The van der Waals surface area contributed by atoms with Gasteiger partial charge in [-0.15, -0.1) is 0 Å². The molecule has 4 unspecified atom stereocenters. The summed E-state index contributed by atoms with van der Waals surface area (Å²) in [6.07, 6.45) is -4.58. The number of rotatable bonds is 21. The number of carbonyl (C=O) groups is 4. The van der Waals surface area contributed by atoms with Gasteiger partial charge in [-0.05, 0) is 46.2 Å².